The van der Waals surface area contributed by atoms with Crippen LogP contribution in [0.1, 0.15) is 28.8 Å². The Kier molecular flexibility index (Phi) is 7.45. The highest BCUT2D eigenvalue weighted by molar-refractivity contribution is 9.10. The van der Waals surface area contributed by atoms with Crippen LogP contribution in [0, 0.1) is 0 Å². The maximum absolute atomic E-state index is 13.3. The lowest BCUT2D eigenvalue weighted by Crippen LogP contribution is -2.43. The van der Waals surface area contributed by atoms with Crippen molar-refractivity contribution in [3.05, 3.63) is 74.6 Å². The van der Waals surface area contributed by atoms with E-state index in [1.54, 1.807) is 24.3 Å². The van der Waals surface area contributed by atoms with Gasteiger partial charge < -0.3 is 25.1 Å². The predicted octanol–water partition coefficient (Wildman–Crippen LogP) is 3.12. The number of hydrogen-bond acceptors (Lipinski definition) is 7. The number of carbonyl (C=O) groups is 1. The molecule has 0 radical (unpaired) electrons. The highest BCUT2D eigenvalue weighted by atomic mass is 79.9. The zero-order chi connectivity index (χ0) is 28.7. The Morgan fingerprint density at radius 1 is 1.10 bits per heavy atom. The molecule has 0 unspecified atom stereocenters. The molecule has 0 spiro atoms. The topological polar surface area (TPSA) is 143 Å². The van der Waals surface area contributed by atoms with Crippen LogP contribution in [0.2, 0.25) is 0 Å². The second kappa shape index (κ2) is 11.0. The first kappa shape index (κ1) is 27.6. The molecule has 41 heavy (non-hydrogen) atoms. The summed E-state index contributed by atoms with van der Waals surface area (Å²) in [5.41, 5.74) is 3.42. The van der Waals surface area contributed by atoms with Gasteiger partial charge in [0.25, 0.3) is 11.5 Å². The molecule has 6 rings (SSSR count). The van der Waals surface area contributed by atoms with Crippen molar-refractivity contribution in [2.75, 3.05) is 38.5 Å². The van der Waals surface area contributed by atoms with Crippen molar-refractivity contribution < 1.29 is 13.2 Å². The van der Waals surface area contributed by atoms with E-state index in [1.807, 2.05) is 17.0 Å². The summed E-state index contributed by atoms with van der Waals surface area (Å²) in [6.45, 7) is 2.85. The molecule has 4 N–H and O–H groups in total. The Morgan fingerprint density at radius 3 is 2.66 bits per heavy atom. The number of benzene rings is 2. The number of anilines is 1. The van der Waals surface area contributed by atoms with Crippen molar-refractivity contribution >= 4 is 48.6 Å². The molecule has 1 saturated heterocycles. The van der Waals surface area contributed by atoms with Crippen LogP contribution >= 0.6 is 15.9 Å². The molecule has 214 valence electrons. The number of imidazole rings is 1. The van der Waals surface area contributed by atoms with Gasteiger partial charge >= 0.3 is 0 Å². The van der Waals surface area contributed by atoms with Crippen LogP contribution in [0.15, 0.2) is 62.8 Å². The van der Waals surface area contributed by atoms with Crippen molar-refractivity contribution in [1.82, 2.24) is 29.5 Å². The van der Waals surface area contributed by atoms with E-state index in [0.29, 0.717) is 44.7 Å². The fourth-order valence-corrected chi connectivity index (χ4v) is 7.58. The highest BCUT2D eigenvalue weighted by Crippen LogP contribution is 2.32. The Hall–Kier alpha value is -3.52. The molecule has 1 fully saturated rings. The Balaban J connectivity index is 1.19. The summed E-state index contributed by atoms with van der Waals surface area (Å²) in [7, 11) is -1.61. The van der Waals surface area contributed by atoms with Gasteiger partial charge in [0, 0.05) is 41.9 Å². The number of fused-ring (bicyclic) bond motifs is 2. The quantitative estimate of drug-likeness (QED) is 0.217. The summed E-state index contributed by atoms with van der Waals surface area (Å²) in [6, 6.07) is 12.3. The molecule has 0 atom stereocenters. The summed E-state index contributed by atoms with van der Waals surface area (Å²) < 4.78 is 28.4. The lowest BCUT2D eigenvalue weighted by atomic mass is 10.0. The van der Waals surface area contributed by atoms with E-state index in [-0.39, 0.29) is 35.5 Å². The molecule has 2 aromatic carbocycles. The van der Waals surface area contributed by atoms with Crippen molar-refractivity contribution in [3.8, 4) is 11.4 Å². The van der Waals surface area contributed by atoms with Crippen LogP contribution in [-0.2, 0) is 16.6 Å². The minimum Gasteiger partial charge on any atom is -0.383 e. The van der Waals surface area contributed by atoms with Gasteiger partial charge in [-0.1, -0.05) is 12.1 Å². The zero-order valence-electron chi connectivity index (χ0n) is 22.4. The summed E-state index contributed by atoms with van der Waals surface area (Å²) in [5.74, 6) is 0.402. The first-order chi connectivity index (χ1) is 19.7. The van der Waals surface area contributed by atoms with Crippen molar-refractivity contribution in [2.45, 2.75) is 30.3 Å². The number of likely N-dealkylation sites (tertiary alicyclic amines) is 1. The Morgan fingerprint density at radius 2 is 1.88 bits per heavy atom. The number of piperidine rings is 1. The van der Waals surface area contributed by atoms with E-state index in [4.69, 9.17) is 4.98 Å². The molecule has 1 amide bonds. The van der Waals surface area contributed by atoms with Crippen molar-refractivity contribution in [3.63, 3.8) is 0 Å². The molecule has 2 aliphatic heterocycles. The van der Waals surface area contributed by atoms with E-state index >= 15 is 0 Å². The number of halogens is 1. The third-order valence-corrected chi connectivity index (χ3v) is 10.2. The van der Waals surface area contributed by atoms with Gasteiger partial charge in [0.2, 0.25) is 10.0 Å². The first-order valence-corrected chi connectivity index (χ1v) is 15.7. The number of hydrogen-bond donors (Lipinski definition) is 4. The molecule has 13 heteroatoms. The third kappa shape index (κ3) is 5.42. The molecule has 0 bridgehead atoms. The SMILES string of the molecule is CN1CCC(N2Cc3cc4nc(-c5c(NCCNS(=O)(=O)c6ccccc6Br)cc[nH]c5=O)[nH]c4cc3C2=O)CC1. The van der Waals surface area contributed by atoms with Crippen LogP contribution in [-0.4, -0.2) is 78.3 Å². The smallest absolute Gasteiger partial charge is 0.261 e. The molecule has 2 aliphatic rings. The molecule has 11 nitrogen and oxygen atoms in total. The normalized spacial score (nSPS) is 16.4. The monoisotopic (exact) mass is 639 g/mol. The number of pyridine rings is 1. The van der Waals surface area contributed by atoms with Gasteiger partial charge in [-0.15, -0.1) is 0 Å². The molecule has 4 heterocycles. The van der Waals surface area contributed by atoms with Crippen molar-refractivity contribution in [1.29, 1.82) is 0 Å². The number of amides is 1. The van der Waals surface area contributed by atoms with Gasteiger partial charge in [-0.2, -0.15) is 0 Å². The van der Waals surface area contributed by atoms with Gasteiger partial charge in [-0.3, -0.25) is 9.59 Å². The van der Waals surface area contributed by atoms with Crippen LogP contribution in [0.4, 0.5) is 5.69 Å². The lowest BCUT2D eigenvalue weighted by Gasteiger charge is -2.34. The molecule has 2 aromatic heterocycles. The van der Waals surface area contributed by atoms with E-state index in [2.05, 4.69) is 47.9 Å². The molecule has 0 aliphatic carbocycles. The van der Waals surface area contributed by atoms with Gasteiger partial charge in [0.1, 0.15) is 11.4 Å². The van der Waals surface area contributed by atoms with Crippen LogP contribution in [0.3, 0.4) is 0 Å². The van der Waals surface area contributed by atoms with Crippen LogP contribution < -0.4 is 15.6 Å². The second-order valence-electron chi connectivity index (χ2n) is 10.4. The maximum Gasteiger partial charge on any atom is 0.261 e. The number of aromatic nitrogens is 3. The largest absolute Gasteiger partial charge is 0.383 e. The number of nitrogens with one attached hydrogen (secondary N) is 4. The fourth-order valence-electron chi connectivity index (χ4n) is 5.54. The first-order valence-electron chi connectivity index (χ1n) is 13.4. The number of rotatable bonds is 8. The number of nitrogens with zero attached hydrogens (tertiary/aromatic N) is 3. The van der Waals surface area contributed by atoms with Gasteiger partial charge in [0.15, 0.2) is 0 Å². The predicted molar refractivity (Wildman–Crippen MR) is 160 cm³/mol. The Labute approximate surface area is 245 Å². The highest BCUT2D eigenvalue weighted by Gasteiger charge is 2.34. The summed E-state index contributed by atoms with van der Waals surface area (Å²) in [5, 5.41) is 3.15. The van der Waals surface area contributed by atoms with E-state index < -0.39 is 10.0 Å². The average Bonchev–Trinajstić information content (AvgIpc) is 3.50. The number of sulfonamides is 1. The number of H-pyrrole nitrogens is 2. The molecular formula is C28H30BrN7O4S. The zero-order valence-corrected chi connectivity index (χ0v) is 24.8. The molecule has 0 saturated carbocycles. The fraction of sp³-hybridized carbons (Fsp3) is 0.321. The third-order valence-electron chi connectivity index (χ3n) is 7.72. The average molecular weight is 641 g/mol. The minimum absolute atomic E-state index is 0.0394. The van der Waals surface area contributed by atoms with Gasteiger partial charge in [-0.05, 0) is 84.8 Å². The van der Waals surface area contributed by atoms with E-state index in [9.17, 15) is 18.0 Å². The summed E-state index contributed by atoms with van der Waals surface area (Å²) in [4.78, 5) is 41.2. The Bertz CT molecular complexity index is 1790. The van der Waals surface area contributed by atoms with E-state index in [1.165, 1.54) is 12.3 Å². The van der Waals surface area contributed by atoms with Gasteiger partial charge in [-0.25, -0.2) is 18.1 Å². The van der Waals surface area contributed by atoms with Gasteiger partial charge in [0.05, 0.1) is 21.6 Å². The minimum atomic E-state index is -3.71. The lowest BCUT2D eigenvalue weighted by molar-refractivity contribution is 0.0617. The van der Waals surface area contributed by atoms with Crippen LogP contribution in [0.25, 0.3) is 22.4 Å². The van der Waals surface area contributed by atoms with Crippen molar-refractivity contribution in [2.24, 2.45) is 0 Å². The summed E-state index contributed by atoms with van der Waals surface area (Å²) >= 11 is 3.27. The van der Waals surface area contributed by atoms with Crippen LogP contribution in [0.5, 0.6) is 0 Å². The molecular weight excluding hydrogens is 610 g/mol. The van der Waals surface area contributed by atoms with E-state index in [0.717, 1.165) is 31.5 Å². The second-order valence-corrected chi connectivity index (χ2v) is 13.0. The molecule has 4 aromatic rings. The number of aromatic amines is 2. The number of carbonyl (C=O) groups excluding carboxylic acids is 1. The maximum atomic E-state index is 13.3. The standard InChI is InChI=1S/C28H30BrN7O4S/c1-35-12-7-18(8-13-35)36-16-17-14-22-23(15-19(17)28(36)38)34-26(33-22)25-21(6-9-31-27(25)37)30-10-11-32-41(39,40)24-5-3-2-4-20(24)29/h2-6,9,14-15,18,32H,7-8,10-13,16H2,1H3,(H,33,34)(H2,30,31,37). The summed E-state index contributed by atoms with van der Waals surface area (Å²) in [6.07, 6.45) is 3.45.